The molecule has 0 bridgehead atoms. The summed E-state index contributed by atoms with van der Waals surface area (Å²) >= 11 is 0. The lowest BCUT2D eigenvalue weighted by atomic mass is 9.99. The third-order valence-corrected chi connectivity index (χ3v) is 3.70. The van der Waals surface area contributed by atoms with Gasteiger partial charge in [-0.15, -0.1) is 0 Å². The van der Waals surface area contributed by atoms with Gasteiger partial charge in [0.2, 0.25) is 0 Å². The van der Waals surface area contributed by atoms with Crippen molar-refractivity contribution in [2.75, 3.05) is 19.6 Å². The summed E-state index contributed by atoms with van der Waals surface area (Å²) in [7, 11) is 0. The van der Waals surface area contributed by atoms with Crippen molar-refractivity contribution >= 4 is 0 Å². The Morgan fingerprint density at radius 3 is 2.81 bits per heavy atom. The summed E-state index contributed by atoms with van der Waals surface area (Å²) in [5.41, 5.74) is 7.11. The van der Waals surface area contributed by atoms with Crippen molar-refractivity contribution in [2.45, 2.75) is 31.7 Å². The van der Waals surface area contributed by atoms with Gasteiger partial charge in [-0.05, 0) is 44.3 Å². The van der Waals surface area contributed by atoms with Gasteiger partial charge >= 0.3 is 0 Å². The van der Waals surface area contributed by atoms with E-state index in [0.717, 1.165) is 18.9 Å². The van der Waals surface area contributed by atoms with Crippen LogP contribution in [0.2, 0.25) is 0 Å². The highest BCUT2D eigenvalue weighted by atomic mass is 15.2. The molecule has 0 aromatic heterocycles. The number of nitrogens with two attached hydrogens (primary N) is 1. The maximum Gasteiger partial charge on any atom is 0.00791 e. The smallest absolute Gasteiger partial charge is 0.00791 e. The normalized spacial score (nSPS) is 23.5. The van der Waals surface area contributed by atoms with Crippen molar-refractivity contribution in [1.29, 1.82) is 0 Å². The van der Waals surface area contributed by atoms with Crippen LogP contribution in [0.5, 0.6) is 0 Å². The summed E-state index contributed by atoms with van der Waals surface area (Å²) in [5, 5.41) is 0. The second-order valence-electron chi connectivity index (χ2n) is 4.82. The lowest BCUT2D eigenvalue weighted by Gasteiger charge is -2.23. The highest BCUT2D eigenvalue weighted by molar-refractivity contribution is 5.21. The van der Waals surface area contributed by atoms with Crippen LogP contribution in [0.1, 0.15) is 31.2 Å². The van der Waals surface area contributed by atoms with Crippen molar-refractivity contribution in [3.8, 4) is 0 Å². The molecule has 88 valence electrons. The van der Waals surface area contributed by atoms with E-state index in [2.05, 4.69) is 42.2 Å². The Balaban J connectivity index is 1.93. The molecule has 0 aliphatic carbocycles. The molecule has 1 saturated heterocycles. The molecule has 2 atom stereocenters. The summed E-state index contributed by atoms with van der Waals surface area (Å²) in [6.45, 7) is 5.51. The Kier molecular flexibility index (Phi) is 3.97. The van der Waals surface area contributed by atoms with E-state index in [1.54, 1.807) is 0 Å². The molecule has 1 heterocycles. The van der Waals surface area contributed by atoms with Gasteiger partial charge in [-0.1, -0.05) is 30.3 Å². The molecular weight excluding hydrogens is 196 g/mol. The van der Waals surface area contributed by atoms with E-state index in [1.165, 1.54) is 25.1 Å². The van der Waals surface area contributed by atoms with Crippen LogP contribution in [-0.2, 0) is 0 Å². The third-order valence-electron chi connectivity index (χ3n) is 3.70. The maximum atomic E-state index is 5.62. The van der Waals surface area contributed by atoms with Crippen molar-refractivity contribution in [3.63, 3.8) is 0 Å². The van der Waals surface area contributed by atoms with Gasteiger partial charge in [0.1, 0.15) is 0 Å². The summed E-state index contributed by atoms with van der Waals surface area (Å²) in [4.78, 5) is 2.57. The highest BCUT2D eigenvalue weighted by Crippen LogP contribution is 2.28. The Hall–Kier alpha value is -0.860. The van der Waals surface area contributed by atoms with E-state index < -0.39 is 0 Å². The van der Waals surface area contributed by atoms with Crippen LogP contribution < -0.4 is 5.73 Å². The molecule has 16 heavy (non-hydrogen) atoms. The standard InChI is InChI=1S/C14H22N2/c1-12(7-9-15)16-10-8-14(11-16)13-5-3-2-4-6-13/h2-6,12,14H,7-11,15H2,1H3. The molecule has 1 aliphatic rings. The minimum atomic E-state index is 0.638. The molecule has 1 aromatic carbocycles. The molecule has 0 saturated carbocycles. The lowest BCUT2D eigenvalue weighted by molar-refractivity contribution is 0.246. The monoisotopic (exact) mass is 218 g/mol. The van der Waals surface area contributed by atoms with E-state index in [-0.39, 0.29) is 0 Å². The minimum Gasteiger partial charge on any atom is -0.330 e. The van der Waals surface area contributed by atoms with Crippen molar-refractivity contribution < 1.29 is 0 Å². The van der Waals surface area contributed by atoms with Crippen LogP contribution in [0.25, 0.3) is 0 Å². The number of likely N-dealkylation sites (tertiary alicyclic amines) is 1. The minimum absolute atomic E-state index is 0.638. The van der Waals surface area contributed by atoms with Crippen LogP contribution in [0.4, 0.5) is 0 Å². The van der Waals surface area contributed by atoms with Gasteiger partial charge in [0.25, 0.3) is 0 Å². The lowest BCUT2D eigenvalue weighted by Crippen LogP contribution is -2.32. The molecule has 0 spiro atoms. The van der Waals surface area contributed by atoms with Crippen LogP contribution in [0.15, 0.2) is 30.3 Å². The molecule has 1 fully saturated rings. The Labute approximate surface area is 98.4 Å². The summed E-state index contributed by atoms with van der Waals surface area (Å²) in [5.74, 6) is 0.724. The number of nitrogens with zero attached hydrogens (tertiary/aromatic N) is 1. The molecular formula is C14H22N2. The van der Waals surface area contributed by atoms with Gasteiger partial charge in [-0.2, -0.15) is 0 Å². The van der Waals surface area contributed by atoms with Crippen molar-refractivity contribution in [3.05, 3.63) is 35.9 Å². The number of rotatable bonds is 4. The molecule has 2 unspecified atom stereocenters. The van der Waals surface area contributed by atoms with Crippen LogP contribution in [-0.4, -0.2) is 30.6 Å². The number of hydrogen-bond acceptors (Lipinski definition) is 2. The molecule has 2 N–H and O–H groups in total. The van der Waals surface area contributed by atoms with Gasteiger partial charge in [0, 0.05) is 12.6 Å². The molecule has 2 heteroatoms. The zero-order valence-electron chi connectivity index (χ0n) is 10.1. The Bertz CT molecular complexity index is 310. The van der Waals surface area contributed by atoms with Gasteiger partial charge in [-0.25, -0.2) is 0 Å². The zero-order valence-corrected chi connectivity index (χ0v) is 10.1. The largest absolute Gasteiger partial charge is 0.330 e. The van der Waals surface area contributed by atoms with E-state index >= 15 is 0 Å². The predicted molar refractivity (Wildman–Crippen MR) is 68.5 cm³/mol. The van der Waals surface area contributed by atoms with Gasteiger partial charge in [-0.3, -0.25) is 4.90 Å². The molecule has 0 amide bonds. The fourth-order valence-electron chi connectivity index (χ4n) is 2.61. The SMILES string of the molecule is CC(CCN)N1CCC(c2ccccc2)C1. The van der Waals surface area contributed by atoms with Gasteiger partial charge < -0.3 is 5.73 Å². The fourth-order valence-corrected chi connectivity index (χ4v) is 2.61. The van der Waals surface area contributed by atoms with Crippen LogP contribution in [0.3, 0.4) is 0 Å². The van der Waals surface area contributed by atoms with Crippen LogP contribution in [0, 0.1) is 0 Å². The number of benzene rings is 1. The second kappa shape index (κ2) is 5.46. The summed E-state index contributed by atoms with van der Waals surface area (Å²) < 4.78 is 0. The quantitative estimate of drug-likeness (QED) is 0.839. The molecule has 1 aliphatic heterocycles. The first-order valence-corrected chi connectivity index (χ1v) is 6.30. The first-order chi connectivity index (χ1) is 7.81. The van der Waals surface area contributed by atoms with Crippen LogP contribution >= 0.6 is 0 Å². The van der Waals surface area contributed by atoms with E-state index in [9.17, 15) is 0 Å². The maximum absolute atomic E-state index is 5.62. The summed E-state index contributed by atoms with van der Waals surface area (Å²) in [6.07, 6.45) is 2.40. The van der Waals surface area contributed by atoms with E-state index in [0.29, 0.717) is 6.04 Å². The van der Waals surface area contributed by atoms with E-state index in [4.69, 9.17) is 5.73 Å². The molecule has 1 aromatic rings. The van der Waals surface area contributed by atoms with Gasteiger partial charge in [0.15, 0.2) is 0 Å². The fraction of sp³-hybridized carbons (Fsp3) is 0.571. The average molecular weight is 218 g/mol. The third kappa shape index (κ3) is 2.63. The highest BCUT2D eigenvalue weighted by Gasteiger charge is 2.26. The van der Waals surface area contributed by atoms with E-state index in [1.807, 2.05) is 0 Å². The Morgan fingerprint density at radius 1 is 1.38 bits per heavy atom. The first-order valence-electron chi connectivity index (χ1n) is 6.30. The molecule has 2 rings (SSSR count). The average Bonchev–Trinajstić information content (AvgIpc) is 2.80. The summed E-state index contributed by atoms with van der Waals surface area (Å²) in [6, 6.07) is 11.5. The Morgan fingerprint density at radius 2 is 2.12 bits per heavy atom. The number of hydrogen-bond donors (Lipinski definition) is 1. The predicted octanol–water partition coefficient (Wildman–Crippen LogP) is 2.21. The van der Waals surface area contributed by atoms with Gasteiger partial charge in [0.05, 0.1) is 0 Å². The first kappa shape index (κ1) is 11.6. The molecule has 0 radical (unpaired) electrons. The second-order valence-corrected chi connectivity index (χ2v) is 4.82. The topological polar surface area (TPSA) is 29.3 Å². The zero-order chi connectivity index (χ0) is 11.4. The molecule has 2 nitrogen and oxygen atoms in total. The van der Waals surface area contributed by atoms with Crippen molar-refractivity contribution in [1.82, 2.24) is 4.90 Å². The van der Waals surface area contributed by atoms with Crippen molar-refractivity contribution in [2.24, 2.45) is 5.73 Å².